The number of likely N-dealkylation sites (tertiary alicyclic amines) is 1. The molecule has 0 spiro atoms. The largest absolute Gasteiger partial charge is 0.456 e. The van der Waals surface area contributed by atoms with Crippen molar-refractivity contribution in [3.05, 3.63) is 59.8 Å². The highest BCUT2D eigenvalue weighted by atomic mass is 35.5. The van der Waals surface area contributed by atoms with Crippen LogP contribution in [0.1, 0.15) is 18.5 Å². The van der Waals surface area contributed by atoms with Crippen molar-refractivity contribution in [1.82, 2.24) is 24.4 Å². The summed E-state index contributed by atoms with van der Waals surface area (Å²) >= 11 is 6.60. The quantitative estimate of drug-likeness (QED) is 0.398. The van der Waals surface area contributed by atoms with Crippen molar-refractivity contribution in [2.24, 2.45) is 12.0 Å². The minimum Gasteiger partial charge on any atom is -0.456 e. The Kier molecular flexibility index (Phi) is 5.45. The Hall–Kier alpha value is -3.73. The van der Waals surface area contributed by atoms with Crippen molar-refractivity contribution in [2.75, 3.05) is 23.7 Å². The Morgan fingerprint density at radius 3 is 2.78 bits per heavy atom. The molecular weight excluding hydrogens is 492 g/mol. The molecule has 2 aromatic heterocycles. The zero-order valence-corrected chi connectivity index (χ0v) is 20.9. The maximum absolute atomic E-state index is 6.60. The van der Waals surface area contributed by atoms with E-state index in [2.05, 4.69) is 30.5 Å². The molecule has 3 unspecified atom stereocenters. The van der Waals surface area contributed by atoms with E-state index >= 15 is 0 Å². The minimum absolute atomic E-state index is 0.179. The highest BCUT2D eigenvalue weighted by molar-refractivity contribution is 6.32. The molecule has 0 radical (unpaired) electrons. The van der Waals surface area contributed by atoms with Gasteiger partial charge in [-0.3, -0.25) is 9.89 Å². The molecule has 2 N–H and O–H groups in total. The second-order valence-electron chi connectivity index (χ2n) is 9.57. The number of hydrogen-bond acceptors (Lipinski definition) is 9. The van der Waals surface area contributed by atoms with Crippen LogP contribution in [0.4, 0.5) is 17.2 Å². The second kappa shape index (κ2) is 8.98. The van der Waals surface area contributed by atoms with Gasteiger partial charge in [0.15, 0.2) is 12.1 Å². The van der Waals surface area contributed by atoms with E-state index in [4.69, 9.17) is 26.1 Å². The number of morpholine rings is 1. The van der Waals surface area contributed by atoms with E-state index in [1.165, 1.54) is 6.33 Å². The van der Waals surface area contributed by atoms with Crippen LogP contribution in [-0.2, 0) is 11.8 Å². The number of aliphatic imine (C=N–C) groups is 1. The number of imidazole rings is 1. The average Bonchev–Trinajstić information content (AvgIpc) is 3.45. The summed E-state index contributed by atoms with van der Waals surface area (Å²) in [6, 6.07) is 11.3. The first kappa shape index (κ1) is 22.5. The zero-order chi connectivity index (χ0) is 24.9. The molecule has 0 amide bonds. The summed E-state index contributed by atoms with van der Waals surface area (Å²) in [4.78, 5) is 20.3. The first-order chi connectivity index (χ1) is 18.1. The standard InChI is InChI=1S/C26H25ClN8O2/c1-34-14-31-20-9-16(5-6-22(20)34)37-23-7-2-15(8-19(23)27)32-25-24-21(29-13-30-25)10-28-26(33-24)35-11-17-3-4-18(12-35)36-17/h2,5-10,13-14,17-18,26,33H,3-4,11-12H2,1H3,(H,29,30,32). The third-order valence-electron chi connectivity index (χ3n) is 7.03. The summed E-state index contributed by atoms with van der Waals surface area (Å²) in [7, 11) is 1.96. The molecule has 37 heavy (non-hydrogen) atoms. The monoisotopic (exact) mass is 516 g/mol. The van der Waals surface area contributed by atoms with E-state index < -0.39 is 0 Å². The maximum Gasteiger partial charge on any atom is 0.176 e. The normalized spacial score (nSPS) is 22.6. The first-order valence-corrected chi connectivity index (χ1v) is 12.7. The Balaban J connectivity index is 1.09. The van der Waals surface area contributed by atoms with Crippen LogP contribution in [0.25, 0.3) is 11.0 Å². The number of nitrogens with zero attached hydrogens (tertiary/aromatic N) is 6. The van der Waals surface area contributed by atoms with Gasteiger partial charge in [0.1, 0.15) is 29.2 Å². The SMILES string of the molecule is Cn1cnc2cc(Oc3ccc(Nc4ncnc5c4NC(N4CC6CCC(C4)O6)N=C5)cc3Cl)ccc21. The van der Waals surface area contributed by atoms with Gasteiger partial charge in [-0.25, -0.2) is 15.0 Å². The number of anilines is 3. The van der Waals surface area contributed by atoms with Gasteiger partial charge in [-0.15, -0.1) is 0 Å². The number of nitrogens with one attached hydrogen (secondary N) is 2. The molecule has 4 aromatic rings. The zero-order valence-electron chi connectivity index (χ0n) is 20.1. The van der Waals surface area contributed by atoms with E-state index in [-0.39, 0.29) is 18.5 Å². The molecule has 2 aromatic carbocycles. The van der Waals surface area contributed by atoms with Gasteiger partial charge in [-0.1, -0.05) is 11.6 Å². The Morgan fingerprint density at radius 2 is 1.95 bits per heavy atom. The molecule has 11 heteroatoms. The van der Waals surface area contributed by atoms with Gasteiger partial charge in [0, 0.05) is 31.9 Å². The number of hydrogen-bond donors (Lipinski definition) is 2. The summed E-state index contributed by atoms with van der Waals surface area (Å²) in [5.41, 5.74) is 4.22. The van der Waals surface area contributed by atoms with Crippen molar-refractivity contribution < 1.29 is 9.47 Å². The van der Waals surface area contributed by atoms with Gasteiger partial charge in [0.25, 0.3) is 0 Å². The summed E-state index contributed by atoms with van der Waals surface area (Å²) in [5.74, 6) is 1.88. The van der Waals surface area contributed by atoms with Crippen LogP contribution < -0.4 is 15.4 Å². The third kappa shape index (κ3) is 4.26. The lowest BCUT2D eigenvalue weighted by Gasteiger charge is -2.37. The van der Waals surface area contributed by atoms with Crippen molar-refractivity contribution in [3.63, 3.8) is 0 Å². The lowest BCUT2D eigenvalue weighted by Crippen LogP contribution is -2.51. The molecule has 5 heterocycles. The van der Waals surface area contributed by atoms with Crippen LogP contribution in [0.5, 0.6) is 11.5 Å². The lowest BCUT2D eigenvalue weighted by atomic mass is 10.2. The van der Waals surface area contributed by atoms with Crippen LogP contribution in [-0.4, -0.2) is 62.2 Å². The van der Waals surface area contributed by atoms with Gasteiger partial charge >= 0.3 is 0 Å². The summed E-state index contributed by atoms with van der Waals surface area (Å²) in [6.07, 6.45) is 7.74. The van der Waals surface area contributed by atoms with Crippen molar-refractivity contribution in [1.29, 1.82) is 0 Å². The predicted molar refractivity (Wildman–Crippen MR) is 142 cm³/mol. The number of fused-ring (bicyclic) bond motifs is 4. The Labute approximate surface area is 218 Å². The first-order valence-electron chi connectivity index (χ1n) is 12.3. The fraction of sp³-hybridized carbons (Fsp3) is 0.308. The number of ether oxygens (including phenoxy) is 2. The van der Waals surface area contributed by atoms with Gasteiger partial charge in [0.2, 0.25) is 0 Å². The van der Waals surface area contributed by atoms with Crippen molar-refractivity contribution in [2.45, 2.75) is 31.3 Å². The topological polar surface area (TPSA) is 102 Å². The van der Waals surface area contributed by atoms with Gasteiger partial charge in [-0.2, -0.15) is 0 Å². The number of rotatable bonds is 5. The van der Waals surface area contributed by atoms with Gasteiger partial charge in [-0.05, 0) is 43.2 Å². The molecular formula is C26H25ClN8O2. The highest BCUT2D eigenvalue weighted by Gasteiger charge is 2.37. The van der Waals surface area contributed by atoms with Crippen LogP contribution in [0.2, 0.25) is 5.02 Å². The van der Waals surface area contributed by atoms with Crippen LogP contribution in [0, 0.1) is 0 Å². The molecule has 2 fully saturated rings. The van der Waals surface area contributed by atoms with E-state index in [0.29, 0.717) is 22.3 Å². The van der Waals surface area contributed by atoms with E-state index in [1.54, 1.807) is 6.33 Å². The summed E-state index contributed by atoms with van der Waals surface area (Å²) in [5, 5.41) is 7.37. The fourth-order valence-corrected chi connectivity index (χ4v) is 5.40. The number of aromatic nitrogens is 4. The number of halogens is 1. The van der Waals surface area contributed by atoms with Crippen LogP contribution in [0.3, 0.4) is 0 Å². The molecule has 0 aliphatic carbocycles. The molecule has 7 rings (SSSR count). The maximum atomic E-state index is 6.60. The van der Waals surface area contributed by atoms with Gasteiger partial charge < -0.3 is 24.7 Å². The molecule has 10 nitrogen and oxygen atoms in total. The van der Waals surface area contributed by atoms with Crippen LogP contribution >= 0.6 is 11.6 Å². The van der Waals surface area contributed by atoms with Gasteiger partial charge in [0.05, 0.1) is 40.8 Å². The van der Waals surface area contributed by atoms with Crippen LogP contribution in [0.15, 0.2) is 54.0 Å². The smallest absolute Gasteiger partial charge is 0.176 e. The van der Waals surface area contributed by atoms with Crippen molar-refractivity contribution >= 4 is 46.0 Å². The average molecular weight is 517 g/mol. The molecule has 188 valence electrons. The minimum atomic E-state index is -0.179. The number of aryl methyl sites for hydroxylation is 1. The van der Waals surface area contributed by atoms with Crippen molar-refractivity contribution in [3.8, 4) is 11.5 Å². The second-order valence-corrected chi connectivity index (χ2v) is 9.98. The Bertz CT molecular complexity index is 1510. The Morgan fingerprint density at radius 1 is 1.08 bits per heavy atom. The summed E-state index contributed by atoms with van der Waals surface area (Å²) in [6.45, 7) is 1.73. The van der Waals surface area contributed by atoms with E-state index in [1.807, 2.05) is 54.2 Å². The number of benzene rings is 2. The third-order valence-corrected chi connectivity index (χ3v) is 7.32. The molecule has 3 atom stereocenters. The summed E-state index contributed by atoms with van der Waals surface area (Å²) < 4.78 is 14.0. The van der Waals surface area contributed by atoms with E-state index in [0.717, 1.165) is 54.0 Å². The lowest BCUT2D eigenvalue weighted by molar-refractivity contribution is -0.0480. The molecule has 3 aliphatic heterocycles. The molecule has 0 saturated carbocycles. The molecule has 2 bridgehead atoms. The molecule has 3 aliphatic rings. The fourth-order valence-electron chi connectivity index (χ4n) is 5.18. The van der Waals surface area contributed by atoms with E-state index in [9.17, 15) is 0 Å². The predicted octanol–water partition coefficient (Wildman–Crippen LogP) is 4.54. The molecule has 2 saturated heterocycles. The highest BCUT2D eigenvalue weighted by Crippen LogP contribution is 2.36.